The number of ketones is 1. The van der Waals surface area contributed by atoms with Gasteiger partial charge in [-0.2, -0.15) is 0 Å². The van der Waals surface area contributed by atoms with E-state index in [0.29, 0.717) is 29.2 Å². The molecular weight excluding hydrogens is 346 g/mol. The molecule has 0 unspecified atom stereocenters. The van der Waals surface area contributed by atoms with E-state index < -0.39 is 4.92 Å². The van der Waals surface area contributed by atoms with E-state index >= 15 is 0 Å². The zero-order valence-corrected chi connectivity index (χ0v) is 15.3. The van der Waals surface area contributed by atoms with Crippen LogP contribution in [0.1, 0.15) is 35.3 Å². The Morgan fingerprint density at radius 1 is 1.26 bits per heavy atom. The van der Waals surface area contributed by atoms with Crippen molar-refractivity contribution in [3.05, 3.63) is 80.6 Å². The second-order valence-corrected chi connectivity index (χ2v) is 6.50. The van der Waals surface area contributed by atoms with Crippen molar-refractivity contribution < 1.29 is 19.2 Å². The number of aryl methyl sites for hydroxylation is 1. The Kier molecular flexibility index (Phi) is 5.07. The number of nitro benzene ring substituents is 1. The van der Waals surface area contributed by atoms with Gasteiger partial charge >= 0.3 is 0 Å². The summed E-state index contributed by atoms with van der Waals surface area (Å²) >= 11 is 0. The molecule has 0 fully saturated rings. The lowest BCUT2D eigenvalue weighted by Crippen LogP contribution is -2.00. The molecule has 0 amide bonds. The number of ether oxygens (including phenoxy) is 2. The number of benzene rings is 2. The molecule has 0 atom stereocenters. The first-order valence-electron chi connectivity index (χ1n) is 8.44. The number of allylic oxidation sites excluding steroid dienone is 2. The second kappa shape index (κ2) is 7.45. The van der Waals surface area contributed by atoms with Gasteiger partial charge in [0.2, 0.25) is 5.78 Å². The van der Waals surface area contributed by atoms with Gasteiger partial charge < -0.3 is 9.47 Å². The van der Waals surface area contributed by atoms with Crippen molar-refractivity contribution in [1.82, 2.24) is 0 Å². The molecule has 27 heavy (non-hydrogen) atoms. The van der Waals surface area contributed by atoms with E-state index in [1.54, 1.807) is 24.3 Å². The molecule has 0 aromatic heterocycles. The molecular formula is C21H19NO5. The van der Waals surface area contributed by atoms with Crippen LogP contribution in [0.25, 0.3) is 6.08 Å². The van der Waals surface area contributed by atoms with E-state index in [4.69, 9.17) is 9.47 Å². The first kappa shape index (κ1) is 18.4. The van der Waals surface area contributed by atoms with E-state index in [0.717, 1.165) is 11.1 Å². The number of nitro groups is 1. The first-order chi connectivity index (χ1) is 12.8. The SMILES string of the molecule is CC(C)=CCOc1cc(C)c2c(c1)O/C(=C\c1cccc([N+](=O)[O-])c1)C2=O. The van der Waals surface area contributed by atoms with Crippen molar-refractivity contribution in [2.75, 3.05) is 6.61 Å². The molecule has 0 saturated heterocycles. The van der Waals surface area contributed by atoms with Gasteiger partial charge in [-0.1, -0.05) is 17.7 Å². The standard InChI is InChI=1S/C21H19NO5/c1-13(2)7-8-26-17-9-14(3)20-18(12-17)27-19(21(20)23)11-15-5-4-6-16(10-15)22(24)25/h4-7,9-12H,8H2,1-3H3/b19-11-. The van der Waals surface area contributed by atoms with Gasteiger partial charge in [-0.05, 0) is 50.1 Å². The monoisotopic (exact) mass is 365 g/mol. The van der Waals surface area contributed by atoms with Crippen molar-refractivity contribution >= 4 is 17.5 Å². The molecule has 0 radical (unpaired) electrons. The summed E-state index contributed by atoms with van der Waals surface area (Å²) in [7, 11) is 0. The molecule has 0 bridgehead atoms. The zero-order valence-electron chi connectivity index (χ0n) is 15.3. The van der Waals surface area contributed by atoms with E-state index in [-0.39, 0.29) is 17.2 Å². The number of Topliss-reactive ketones (excluding diaryl/α,β-unsaturated/α-hetero) is 1. The molecule has 0 saturated carbocycles. The van der Waals surface area contributed by atoms with Crippen LogP contribution in [0.4, 0.5) is 5.69 Å². The summed E-state index contributed by atoms with van der Waals surface area (Å²) in [4.78, 5) is 23.1. The Morgan fingerprint density at radius 3 is 2.74 bits per heavy atom. The maximum absolute atomic E-state index is 12.7. The van der Waals surface area contributed by atoms with Gasteiger partial charge in [-0.25, -0.2) is 0 Å². The summed E-state index contributed by atoms with van der Waals surface area (Å²) in [5.74, 6) is 0.942. The number of nitrogens with zero attached hydrogens (tertiary/aromatic N) is 1. The third kappa shape index (κ3) is 4.06. The molecule has 3 rings (SSSR count). The molecule has 6 heteroatoms. The summed E-state index contributed by atoms with van der Waals surface area (Å²) in [6, 6.07) is 9.53. The second-order valence-electron chi connectivity index (χ2n) is 6.50. The maximum atomic E-state index is 12.7. The highest BCUT2D eigenvalue weighted by atomic mass is 16.6. The number of hydrogen-bond donors (Lipinski definition) is 0. The van der Waals surface area contributed by atoms with Crippen LogP contribution in [0.15, 0.2) is 53.8 Å². The smallest absolute Gasteiger partial charge is 0.270 e. The lowest BCUT2D eigenvalue weighted by Gasteiger charge is -2.07. The first-order valence-corrected chi connectivity index (χ1v) is 8.44. The number of carbonyl (C=O) groups excluding carboxylic acids is 1. The van der Waals surface area contributed by atoms with Crippen LogP contribution in [-0.2, 0) is 0 Å². The highest BCUT2D eigenvalue weighted by Gasteiger charge is 2.30. The highest BCUT2D eigenvalue weighted by Crippen LogP contribution is 2.37. The van der Waals surface area contributed by atoms with Gasteiger partial charge in [0.05, 0.1) is 10.5 Å². The maximum Gasteiger partial charge on any atom is 0.270 e. The van der Waals surface area contributed by atoms with Crippen LogP contribution in [0.2, 0.25) is 0 Å². The average molecular weight is 365 g/mol. The summed E-state index contributed by atoms with van der Waals surface area (Å²) in [5, 5.41) is 10.9. The lowest BCUT2D eigenvalue weighted by molar-refractivity contribution is -0.384. The highest BCUT2D eigenvalue weighted by molar-refractivity contribution is 6.15. The lowest BCUT2D eigenvalue weighted by atomic mass is 10.0. The number of rotatable bonds is 5. The summed E-state index contributed by atoms with van der Waals surface area (Å²) < 4.78 is 11.4. The van der Waals surface area contributed by atoms with Gasteiger partial charge in [-0.3, -0.25) is 14.9 Å². The quantitative estimate of drug-likeness (QED) is 0.327. The van der Waals surface area contributed by atoms with Gasteiger partial charge in [0, 0.05) is 18.2 Å². The topological polar surface area (TPSA) is 78.7 Å². The Hall–Kier alpha value is -3.41. The van der Waals surface area contributed by atoms with Crippen LogP contribution in [0.3, 0.4) is 0 Å². The van der Waals surface area contributed by atoms with Gasteiger partial charge in [0.15, 0.2) is 5.76 Å². The molecule has 6 nitrogen and oxygen atoms in total. The van der Waals surface area contributed by atoms with Crippen LogP contribution < -0.4 is 9.47 Å². The molecule has 138 valence electrons. The fourth-order valence-electron chi connectivity index (χ4n) is 2.74. The molecule has 2 aromatic rings. The fraction of sp³-hybridized carbons (Fsp3) is 0.190. The van der Waals surface area contributed by atoms with Gasteiger partial charge in [0.1, 0.15) is 18.1 Å². The van der Waals surface area contributed by atoms with Crippen LogP contribution in [0, 0.1) is 17.0 Å². The minimum atomic E-state index is -0.478. The molecule has 0 N–H and O–H groups in total. The van der Waals surface area contributed by atoms with Crippen LogP contribution in [0.5, 0.6) is 11.5 Å². The van der Waals surface area contributed by atoms with Gasteiger partial charge in [0.25, 0.3) is 5.69 Å². The number of fused-ring (bicyclic) bond motifs is 1. The van der Waals surface area contributed by atoms with Crippen molar-refractivity contribution in [2.45, 2.75) is 20.8 Å². The molecule has 2 aromatic carbocycles. The van der Waals surface area contributed by atoms with Crippen molar-refractivity contribution in [1.29, 1.82) is 0 Å². The fourth-order valence-corrected chi connectivity index (χ4v) is 2.74. The summed E-state index contributed by atoms with van der Waals surface area (Å²) in [5.41, 5.74) is 2.88. The molecule has 0 aliphatic carbocycles. The molecule has 1 heterocycles. The van der Waals surface area contributed by atoms with Crippen molar-refractivity contribution in [3.8, 4) is 11.5 Å². The Bertz CT molecular complexity index is 984. The van der Waals surface area contributed by atoms with E-state index in [1.165, 1.54) is 18.2 Å². The number of hydrogen-bond acceptors (Lipinski definition) is 5. The van der Waals surface area contributed by atoms with E-state index in [2.05, 4.69) is 0 Å². The predicted octanol–water partition coefficient (Wildman–Crippen LogP) is 4.86. The minimum absolute atomic E-state index is 0.0431. The number of non-ortho nitro benzene ring substituents is 1. The predicted molar refractivity (Wildman–Crippen MR) is 102 cm³/mol. The molecule has 1 aliphatic rings. The summed E-state index contributed by atoms with van der Waals surface area (Å²) in [6.07, 6.45) is 3.47. The average Bonchev–Trinajstić information content (AvgIpc) is 2.91. The third-order valence-corrected chi connectivity index (χ3v) is 4.06. The molecule has 1 aliphatic heterocycles. The molecule has 0 spiro atoms. The largest absolute Gasteiger partial charge is 0.489 e. The number of carbonyl (C=O) groups is 1. The Labute approximate surface area is 156 Å². The Morgan fingerprint density at radius 2 is 2.04 bits per heavy atom. The van der Waals surface area contributed by atoms with Crippen LogP contribution in [-0.4, -0.2) is 17.3 Å². The van der Waals surface area contributed by atoms with Crippen LogP contribution >= 0.6 is 0 Å². The van der Waals surface area contributed by atoms with Gasteiger partial charge in [-0.15, -0.1) is 0 Å². The van der Waals surface area contributed by atoms with E-state index in [9.17, 15) is 14.9 Å². The van der Waals surface area contributed by atoms with E-state index in [1.807, 2.05) is 26.8 Å². The summed E-state index contributed by atoms with van der Waals surface area (Å²) in [6.45, 7) is 6.24. The zero-order chi connectivity index (χ0) is 19.6. The normalized spacial score (nSPS) is 13.9. The van der Waals surface area contributed by atoms with Crippen molar-refractivity contribution in [2.24, 2.45) is 0 Å². The van der Waals surface area contributed by atoms with Crippen molar-refractivity contribution in [3.63, 3.8) is 0 Å². The minimum Gasteiger partial charge on any atom is -0.489 e. The third-order valence-electron chi connectivity index (χ3n) is 4.06. The Balaban J connectivity index is 1.88.